The van der Waals surface area contributed by atoms with Crippen LogP contribution in [0.25, 0.3) is 0 Å². The SMILES string of the molecule is COC(=O)[C@@H]1C(=O)C2=C(C[C@@H]1C)NC(=O)C[C@@H]2c1ccc(Cl)cc1Cl. The van der Waals surface area contributed by atoms with E-state index in [4.69, 9.17) is 27.9 Å². The number of nitrogens with one attached hydrogen (secondary N) is 1. The normalized spacial score (nSPS) is 26.2. The van der Waals surface area contributed by atoms with Crippen LogP contribution in [0.2, 0.25) is 10.0 Å². The fraction of sp³-hybridized carbons (Fsp3) is 0.389. The highest BCUT2D eigenvalue weighted by Gasteiger charge is 2.45. The van der Waals surface area contributed by atoms with Gasteiger partial charge in [0.2, 0.25) is 5.91 Å². The zero-order valence-electron chi connectivity index (χ0n) is 13.8. The highest BCUT2D eigenvalue weighted by molar-refractivity contribution is 6.35. The quantitative estimate of drug-likeness (QED) is 0.630. The molecule has 1 aromatic carbocycles. The summed E-state index contributed by atoms with van der Waals surface area (Å²) in [5.74, 6) is -2.66. The molecule has 0 saturated heterocycles. The van der Waals surface area contributed by atoms with Gasteiger partial charge >= 0.3 is 5.97 Å². The van der Waals surface area contributed by atoms with E-state index >= 15 is 0 Å². The van der Waals surface area contributed by atoms with Gasteiger partial charge in [-0.1, -0.05) is 36.2 Å². The largest absolute Gasteiger partial charge is 0.468 e. The third-order valence-electron chi connectivity index (χ3n) is 4.79. The van der Waals surface area contributed by atoms with Gasteiger partial charge in [0.25, 0.3) is 0 Å². The topological polar surface area (TPSA) is 72.5 Å². The van der Waals surface area contributed by atoms with E-state index in [0.29, 0.717) is 33.3 Å². The standard InChI is InChI=1S/C18H17Cl2NO4/c1-8-5-13-16(17(23)15(8)18(24)25-2)11(7-14(22)21-13)10-4-3-9(19)6-12(10)20/h3-4,6,8,11,15H,5,7H2,1-2H3,(H,21,22)/t8-,11+,15-/m0/s1. The zero-order chi connectivity index (χ0) is 18.3. The molecule has 0 unspecified atom stereocenters. The Labute approximate surface area is 155 Å². The van der Waals surface area contributed by atoms with E-state index in [-0.39, 0.29) is 24.0 Å². The molecule has 0 saturated carbocycles. The predicted octanol–water partition coefficient (Wildman–Crippen LogP) is 3.25. The second-order valence-electron chi connectivity index (χ2n) is 6.41. The lowest BCUT2D eigenvalue weighted by Gasteiger charge is -2.36. The van der Waals surface area contributed by atoms with Crippen molar-refractivity contribution in [3.63, 3.8) is 0 Å². The van der Waals surface area contributed by atoms with Crippen molar-refractivity contribution in [1.29, 1.82) is 0 Å². The van der Waals surface area contributed by atoms with Gasteiger partial charge in [-0.3, -0.25) is 14.4 Å². The van der Waals surface area contributed by atoms with Crippen molar-refractivity contribution >= 4 is 40.9 Å². The first-order valence-electron chi connectivity index (χ1n) is 7.93. The van der Waals surface area contributed by atoms with Gasteiger partial charge in [0.15, 0.2) is 5.78 Å². The Kier molecular flexibility index (Phi) is 4.89. The van der Waals surface area contributed by atoms with Crippen LogP contribution in [0.3, 0.4) is 0 Å². The molecule has 1 N–H and O–H groups in total. The Hall–Kier alpha value is -1.85. The lowest BCUT2D eigenvalue weighted by atomic mass is 9.70. The van der Waals surface area contributed by atoms with Gasteiger partial charge < -0.3 is 10.1 Å². The van der Waals surface area contributed by atoms with Crippen LogP contribution in [-0.2, 0) is 19.1 Å². The number of Topliss-reactive ketones (excluding diaryl/α,β-unsaturated/α-hetero) is 1. The van der Waals surface area contributed by atoms with E-state index in [9.17, 15) is 14.4 Å². The average Bonchev–Trinajstić information content (AvgIpc) is 2.53. The van der Waals surface area contributed by atoms with Crippen molar-refractivity contribution in [2.45, 2.75) is 25.7 Å². The number of hydrogen-bond donors (Lipinski definition) is 1. The number of hydrogen-bond acceptors (Lipinski definition) is 4. The maximum atomic E-state index is 13.1. The number of carbonyl (C=O) groups excluding carboxylic acids is 3. The lowest BCUT2D eigenvalue weighted by Crippen LogP contribution is -2.44. The molecule has 25 heavy (non-hydrogen) atoms. The molecule has 132 valence electrons. The fourth-order valence-corrected chi connectivity index (χ4v) is 4.19. The van der Waals surface area contributed by atoms with E-state index in [1.165, 1.54) is 7.11 Å². The Morgan fingerprint density at radius 3 is 2.60 bits per heavy atom. The number of ketones is 1. The number of allylic oxidation sites excluding steroid dienone is 2. The van der Waals surface area contributed by atoms with Gasteiger partial charge in [0, 0.05) is 33.7 Å². The molecule has 1 amide bonds. The fourth-order valence-electron chi connectivity index (χ4n) is 3.65. The Morgan fingerprint density at radius 1 is 1.24 bits per heavy atom. The molecule has 7 heteroatoms. The third kappa shape index (κ3) is 3.18. The molecule has 3 atom stereocenters. The molecule has 2 aliphatic rings. The minimum absolute atomic E-state index is 0.0915. The molecule has 1 aliphatic carbocycles. The molecule has 0 bridgehead atoms. The lowest BCUT2D eigenvalue weighted by molar-refractivity contribution is -0.151. The molecule has 3 rings (SSSR count). The number of halogens is 2. The number of rotatable bonds is 2. The minimum atomic E-state index is -0.868. The van der Waals surface area contributed by atoms with E-state index in [1.54, 1.807) is 25.1 Å². The number of amides is 1. The van der Waals surface area contributed by atoms with Crippen LogP contribution in [0.4, 0.5) is 0 Å². The Bertz CT molecular complexity index is 802. The van der Waals surface area contributed by atoms with Gasteiger partial charge in [-0.25, -0.2) is 0 Å². The Morgan fingerprint density at radius 2 is 1.96 bits per heavy atom. The van der Waals surface area contributed by atoms with Crippen molar-refractivity contribution in [2.24, 2.45) is 11.8 Å². The zero-order valence-corrected chi connectivity index (χ0v) is 15.3. The molecule has 0 spiro atoms. The summed E-state index contributed by atoms with van der Waals surface area (Å²) in [6.07, 6.45) is 0.516. The Balaban J connectivity index is 2.10. The first-order chi connectivity index (χ1) is 11.8. The number of benzene rings is 1. The van der Waals surface area contributed by atoms with E-state index in [2.05, 4.69) is 5.32 Å². The van der Waals surface area contributed by atoms with Gasteiger partial charge in [0.05, 0.1) is 7.11 Å². The summed E-state index contributed by atoms with van der Waals surface area (Å²) >= 11 is 12.3. The van der Waals surface area contributed by atoms with E-state index in [1.807, 2.05) is 0 Å². The molecule has 5 nitrogen and oxygen atoms in total. The summed E-state index contributed by atoms with van der Waals surface area (Å²) in [5, 5.41) is 3.65. The molecule has 0 fully saturated rings. The second-order valence-corrected chi connectivity index (χ2v) is 7.25. The monoisotopic (exact) mass is 381 g/mol. The van der Waals surface area contributed by atoms with Crippen LogP contribution in [0.1, 0.15) is 31.2 Å². The third-order valence-corrected chi connectivity index (χ3v) is 5.35. The maximum Gasteiger partial charge on any atom is 0.316 e. The van der Waals surface area contributed by atoms with E-state index in [0.717, 1.165) is 0 Å². The summed E-state index contributed by atoms with van der Waals surface area (Å²) in [7, 11) is 1.27. The van der Waals surface area contributed by atoms with Crippen molar-refractivity contribution < 1.29 is 19.1 Å². The highest BCUT2D eigenvalue weighted by Crippen LogP contribution is 2.44. The molecule has 1 heterocycles. The van der Waals surface area contributed by atoms with Crippen LogP contribution in [-0.4, -0.2) is 24.8 Å². The van der Waals surface area contributed by atoms with Gasteiger partial charge in [0.1, 0.15) is 5.92 Å². The first kappa shape index (κ1) is 18.0. The first-order valence-corrected chi connectivity index (χ1v) is 8.69. The molecular weight excluding hydrogens is 365 g/mol. The van der Waals surface area contributed by atoms with Crippen molar-refractivity contribution in [1.82, 2.24) is 5.32 Å². The second kappa shape index (κ2) is 6.81. The minimum Gasteiger partial charge on any atom is -0.468 e. The van der Waals surface area contributed by atoms with Gasteiger partial charge in [-0.2, -0.15) is 0 Å². The summed E-state index contributed by atoms with van der Waals surface area (Å²) in [6, 6.07) is 4.97. The number of methoxy groups -OCH3 is 1. The number of esters is 1. The molecule has 1 aromatic rings. The van der Waals surface area contributed by atoms with Crippen LogP contribution in [0.5, 0.6) is 0 Å². The summed E-state index contributed by atoms with van der Waals surface area (Å²) in [4.78, 5) is 37.3. The molecule has 0 aromatic heterocycles. The van der Waals surface area contributed by atoms with Crippen molar-refractivity contribution in [3.05, 3.63) is 45.1 Å². The van der Waals surface area contributed by atoms with Crippen LogP contribution >= 0.6 is 23.2 Å². The summed E-state index contributed by atoms with van der Waals surface area (Å²) < 4.78 is 4.80. The average molecular weight is 382 g/mol. The summed E-state index contributed by atoms with van der Waals surface area (Å²) in [5.41, 5.74) is 1.67. The van der Waals surface area contributed by atoms with Gasteiger partial charge in [-0.15, -0.1) is 0 Å². The molecule has 1 aliphatic heterocycles. The predicted molar refractivity (Wildman–Crippen MR) is 93.3 cm³/mol. The number of carbonyl (C=O) groups is 3. The smallest absolute Gasteiger partial charge is 0.316 e. The highest BCUT2D eigenvalue weighted by atomic mass is 35.5. The van der Waals surface area contributed by atoms with Crippen molar-refractivity contribution in [3.8, 4) is 0 Å². The number of ether oxygens (including phenoxy) is 1. The summed E-state index contributed by atoms with van der Waals surface area (Å²) in [6.45, 7) is 1.80. The molecule has 0 radical (unpaired) electrons. The van der Waals surface area contributed by atoms with Gasteiger partial charge in [-0.05, 0) is 30.0 Å². The van der Waals surface area contributed by atoms with Crippen LogP contribution in [0, 0.1) is 11.8 Å². The maximum absolute atomic E-state index is 13.1. The van der Waals surface area contributed by atoms with Crippen molar-refractivity contribution in [2.75, 3.05) is 7.11 Å². The molecular formula is C18H17Cl2NO4. The van der Waals surface area contributed by atoms with Crippen LogP contribution in [0.15, 0.2) is 29.5 Å². The van der Waals surface area contributed by atoms with E-state index < -0.39 is 17.8 Å². The van der Waals surface area contributed by atoms with Crippen LogP contribution < -0.4 is 5.32 Å².